The highest BCUT2D eigenvalue weighted by atomic mass is 16.5. The van der Waals surface area contributed by atoms with Crippen LogP contribution in [-0.4, -0.2) is 51.6 Å². The van der Waals surface area contributed by atoms with E-state index in [4.69, 9.17) is 4.74 Å². The van der Waals surface area contributed by atoms with E-state index in [9.17, 15) is 4.79 Å². The second kappa shape index (κ2) is 7.87. The van der Waals surface area contributed by atoms with Gasteiger partial charge in [-0.05, 0) is 45.8 Å². The van der Waals surface area contributed by atoms with Crippen LogP contribution < -0.4 is 15.4 Å². The van der Waals surface area contributed by atoms with Gasteiger partial charge in [-0.25, -0.2) is 0 Å². The van der Waals surface area contributed by atoms with Gasteiger partial charge in [-0.15, -0.1) is 0 Å². The summed E-state index contributed by atoms with van der Waals surface area (Å²) in [5.41, 5.74) is 1.12. The van der Waals surface area contributed by atoms with Gasteiger partial charge in [0.05, 0.1) is 19.2 Å². The number of carbonyl (C=O) groups is 1. The first-order valence-electron chi connectivity index (χ1n) is 6.75. The van der Waals surface area contributed by atoms with Gasteiger partial charge in [-0.2, -0.15) is 0 Å². The van der Waals surface area contributed by atoms with Crippen molar-refractivity contribution in [1.29, 1.82) is 0 Å². The van der Waals surface area contributed by atoms with Gasteiger partial charge >= 0.3 is 0 Å². The highest BCUT2D eigenvalue weighted by Crippen LogP contribution is 2.22. The molecule has 5 nitrogen and oxygen atoms in total. The van der Waals surface area contributed by atoms with Crippen LogP contribution in [0.2, 0.25) is 0 Å². The molecule has 1 rings (SSSR count). The Hall–Kier alpha value is -1.59. The molecule has 0 aliphatic rings. The van der Waals surface area contributed by atoms with E-state index < -0.39 is 0 Å². The maximum Gasteiger partial charge on any atom is 0.236 e. The first-order valence-corrected chi connectivity index (χ1v) is 6.75. The van der Waals surface area contributed by atoms with Crippen LogP contribution in [0.15, 0.2) is 24.3 Å². The van der Waals surface area contributed by atoms with Crippen LogP contribution in [0.4, 0.5) is 0 Å². The molecule has 1 aromatic rings. The molecule has 0 heterocycles. The summed E-state index contributed by atoms with van der Waals surface area (Å²) >= 11 is 0. The van der Waals surface area contributed by atoms with Crippen molar-refractivity contribution < 1.29 is 9.53 Å². The zero-order chi connectivity index (χ0) is 15.1. The molecule has 0 saturated heterocycles. The SMILES string of the molecule is CNC(C)C(=O)NCC(c1cccc(OC)c1)N(C)C. The molecular formula is C15H25N3O2. The molecule has 1 amide bonds. The molecule has 2 unspecified atom stereocenters. The minimum atomic E-state index is -0.192. The predicted octanol–water partition coefficient (Wildman–Crippen LogP) is 1.02. The maximum atomic E-state index is 11.8. The predicted molar refractivity (Wildman–Crippen MR) is 81.0 cm³/mol. The van der Waals surface area contributed by atoms with Gasteiger partial charge in [0.25, 0.3) is 0 Å². The number of ether oxygens (including phenoxy) is 1. The lowest BCUT2D eigenvalue weighted by molar-refractivity contribution is -0.122. The fourth-order valence-corrected chi connectivity index (χ4v) is 1.93. The van der Waals surface area contributed by atoms with Gasteiger partial charge in [-0.1, -0.05) is 12.1 Å². The average molecular weight is 279 g/mol. The van der Waals surface area contributed by atoms with Crippen molar-refractivity contribution in [2.24, 2.45) is 0 Å². The molecule has 0 bridgehead atoms. The van der Waals surface area contributed by atoms with E-state index in [1.165, 1.54) is 0 Å². The Morgan fingerprint density at radius 3 is 2.65 bits per heavy atom. The van der Waals surface area contributed by atoms with E-state index in [1.807, 2.05) is 45.3 Å². The van der Waals surface area contributed by atoms with Crippen molar-refractivity contribution >= 4 is 5.91 Å². The van der Waals surface area contributed by atoms with Crippen molar-refractivity contribution in [3.8, 4) is 5.75 Å². The Morgan fingerprint density at radius 1 is 1.40 bits per heavy atom. The third-order valence-electron chi connectivity index (χ3n) is 3.40. The number of carbonyl (C=O) groups excluding carboxylic acids is 1. The Bertz CT molecular complexity index is 435. The molecular weight excluding hydrogens is 254 g/mol. The van der Waals surface area contributed by atoms with Crippen molar-refractivity contribution in [3.05, 3.63) is 29.8 Å². The average Bonchev–Trinajstić information content (AvgIpc) is 2.46. The number of methoxy groups -OCH3 is 1. The molecule has 0 radical (unpaired) electrons. The van der Waals surface area contributed by atoms with Gasteiger partial charge in [0.1, 0.15) is 5.75 Å². The van der Waals surface area contributed by atoms with E-state index in [1.54, 1.807) is 14.2 Å². The topological polar surface area (TPSA) is 53.6 Å². The molecule has 1 aromatic carbocycles. The Balaban J connectivity index is 2.76. The van der Waals surface area contributed by atoms with E-state index in [2.05, 4.69) is 15.5 Å². The Kier molecular flexibility index (Phi) is 6.48. The third-order valence-corrected chi connectivity index (χ3v) is 3.40. The lowest BCUT2D eigenvalue weighted by Crippen LogP contribution is -2.43. The van der Waals surface area contributed by atoms with Gasteiger partial charge in [0.2, 0.25) is 5.91 Å². The van der Waals surface area contributed by atoms with E-state index >= 15 is 0 Å². The highest BCUT2D eigenvalue weighted by Gasteiger charge is 2.17. The van der Waals surface area contributed by atoms with Crippen LogP contribution in [0.5, 0.6) is 5.75 Å². The summed E-state index contributed by atoms with van der Waals surface area (Å²) in [5, 5.41) is 5.90. The van der Waals surface area contributed by atoms with Crippen LogP contribution in [0.1, 0.15) is 18.5 Å². The molecule has 0 spiro atoms. The number of amides is 1. The lowest BCUT2D eigenvalue weighted by Gasteiger charge is -2.26. The first kappa shape index (κ1) is 16.5. The minimum Gasteiger partial charge on any atom is -0.497 e. The number of hydrogen-bond donors (Lipinski definition) is 2. The Morgan fingerprint density at radius 2 is 2.10 bits per heavy atom. The molecule has 0 aliphatic carbocycles. The fourth-order valence-electron chi connectivity index (χ4n) is 1.93. The number of likely N-dealkylation sites (N-methyl/N-ethyl adjacent to an activating group) is 2. The van der Waals surface area contributed by atoms with E-state index in [0.717, 1.165) is 11.3 Å². The zero-order valence-electron chi connectivity index (χ0n) is 12.9. The van der Waals surface area contributed by atoms with Crippen LogP contribution >= 0.6 is 0 Å². The quantitative estimate of drug-likeness (QED) is 0.782. The number of nitrogens with zero attached hydrogens (tertiary/aromatic N) is 1. The summed E-state index contributed by atoms with van der Waals surface area (Å²) in [5.74, 6) is 0.825. The van der Waals surface area contributed by atoms with E-state index in [-0.39, 0.29) is 18.0 Å². The summed E-state index contributed by atoms with van der Waals surface area (Å²) in [7, 11) is 7.42. The minimum absolute atomic E-state index is 0.00208. The Labute approximate surface area is 121 Å². The molecule has 112 valence electrons. The van der Waals surface area contributed by atoms with Crippen molar-refractivity contribution in [2.45, 2.75) is 19.0 Å². The summed E-state index contributed by atoms with van der Waals surface area (Å²) < 4.78 is 5.25. The van der Waals surface area contributed by atoms with Gasteiger partial charge in [-0.3, -0.25) is 4.79 Å². The number of benzene rings is 1. The van der Waals surface area contributed by atoms with Crippen molar-refractivity contribution in [3.63, 3.8) is 0 Å². The van der Waals surface area contributed by atoms with Gasteiger partial charge < -0.3 is 20.3 Å². The summed E-state index contributed by atoms with van der Waals surface area (Å²) in [6.45, 7) is 2.40. The lowest BCUT2D eigenvalue weighted by atomic mass is 10.1. The molecule has 0 saturated carbocycles. The van der Waals surface area contributed by atoms with Crippen LogP contribution in [-0.2, 0) is 4.79 Å². The molecule has 2 atom stereocenters. The normalized spacial score (nSPS) is 13.9. The molecule has 20 heavy (non-hydrogen) atoms. The monoisotopic (exact) mass is 279 g/mol. The van der Waals surface area contributed by atoms with Crippen LogP contribution in [0.25, 0.3) is 0 Å². The molecule has 0 aromatic heterocycles. The van der Waals surface area contributed by atoms with Gasteiger partial charge in [0, 0.05) is 6.54 Å². The molecule has 2 N–H and O–H groups in total. The largest absolute Gasteiger partial charge is 0.497 e. The standard InChI is InChI=1S/C15H25N3O2/c1-11(16-2)15(19)17-10-14(18(3)4)12-7-6-8-13(9-12)20-5/h6-9,11,14,16H,10H2,1-5H3,(H,17,19). The molecule has 0 aliphatic heterocycles. The summed E-state index contributed by atoms with van der Waals surface area (Å²) in [6, 6.07) is 7.83. The maximum absolute atomic E-state index is 11.8. The van der Waals surface area contributed by atoms with Crippen molar-refractivity contribution in [2.75, 3.05) is 34.8 Å². The summed E-state index contributed by atoms with van der Waals surface area (Å²) in [4.78, 5) is 13.9. The number of rotatable bonds is 7. The number of hydrogen-bond acceptors (Lipinski definition) is 4. The third kappa shape index (κ3) is 4.51. The summed E-state index contributed by atoms with van der Waals surface area (Å²) in [6.07, 6.45) is 0. The number of nitrogens with one attached hydrogen (secondary N) is 2. The van der Waals surface area contributed by atoms with Crippen LogP contribution in [0.3, 0.4) is 0 Å². The fraction of sp³-hybridized carbons (Fsp3) is 0.533. The van der Waals surface area contributed by atoms with Crippen LogP contribution in [0, 0.1) is 0 Å². The van der Waals surface area contributed by atoms with E-state index in [0.29, 0.717) is 6.54 Å². The zero-order valence-corrected chi connectivity index (χ0v) is 12.9. The molecule has 0 fully saturated rings. The second-order valence-electron chi connectivity index (χ2n) is 5.01. The smallest absolute Gasteiger partial charge is 0.236 e. The van der Waals surface area contributed by atoms with Crippen molar-refractivity contribution in [1.82, 2.24) is 15.5 Å². The highest BCUT2D eigenvalue weighted by molar-refractivity contribution is 5.81. The van der Waals surface area contributed by atoms with Gasteiger partial charge in [0.15, 0.2) is 0 Å². The first-order chi connectivity index (χ1) is 9.49. The molecule has 5 heteroatoms. The second-order valence-corrected chi connectivity index (χ2v) is 5.01.